The number of hydrogen-bond donors (Lipinski definition) is 4. The largest absolute Gasteiger partial charge is 0.480 e. The van der Waals surface area contributed by atoms with Crippen LogP contribution in [0.3, 0.4) is 0 Å². The maximum Gasteiger partial charge on any atom is 0.329 e. The van der Waals surface area contributed by atoms with Gasteiger partial charge in [0.1, 0.15) is 25.3 Å². The number of carboxylic acids is 1. The van der Waals surface area contributed by atoms with Crippen molar-refractivity contribution in [1.29, 1.82) is 0 Å². The maximum atomic E-state index is 13.7. The number of carboxylic acid groups (broad SMARTS) is 1. The molecule has 4 unspecified atom stereocenters. The highest BCUT2D eigenvalue weighted by Crippen LogP contribution is 2.29. The molecule has 3 rings (SSSR count). The Morgan fingerprint density at radius 1 is 1.10 bits per heavy atom. The van der Waals surface area contributed by atoms with Gasteiger partial charge in [0.05, 0.1) is 41.4 Å². The van der Waals surface area contributed by atoms with Crippen LogP contribution < -0.4 is 10.6 Å². The van der Waals surface area contributed by atoms with Crippen molar-refractivity contribution >= 4 is 35.0 Å². The molecule has 0 saturated carbocycles. The van der Waals surface area contributed by atoms with E-state index in [-0.39, 0.29) is 38.8 Å². The van der Waals surface area contributed by atoms with Crippen molar-refractivity contribution in [2.75, 3.05) is 33.0 Å². The molecule has 1 aromatic carbocycles. The molecule has 230 valence electrons. The number of aryl methyl sites for hydroxylation is 1. The van der Waals surface area contributed by atoms with Crippen molar-refractivity contribution in [1.82, 2.24) is 20.5 Å². The second-order valence-electron chi connectivity index (χ2n) is 11.4. The van der Waals surface area contributed by atoms with Crippen molar-refractivity contribution in [3.05, 3.63) is 41.0 Å². The number of thiazole rings is 1. The smallest absolute Gasteiger partial charge is 0.329 e. The summed E-state index contributed by atoms with van der Waals surface area (Å²) >= 11 is 1.56. The molecule has 1 fully saturated rings. The first-order chi connectivity index (χ1) is 19.8. The molecule has 1 aliphatic rings. The number of nitrogens with zero attached hydrogens (tertiary/aromatic N) is 2. The summed E-state index contributed by atoms with van der Waals surface area (Å²) in [4.78, 5) is 56.9. The van der Waals surface area contributed by atoms with E-state index in [9.17, 15) is 24.3 Å². The van der Waals surface area contributed by atoms with E-state index in [1.54, 1.807) is 37.6 Å². The first-order valence-corrected chi connectivity index (χ1v) is 14.6. The summed E-state index contributed by atoms with van der Waals surface area (Å²) in [6, 6.07) is 5.61. The molecule has 1 aromatic heterocycles. The molecule has 0 bridgehead atoms. The lowest BCUT2D eigenvalue weighted by atomic mass is 9.85. The lowest BCUT2D eigenvalue weighted by Gasteiger charge is -2.35. The zero-order valence-corrected chi connectivity index (χ0v) is 25.4. The summed E-state index contributed by atoms with van der Waals surface area (Å²) in [5.74, 6) is -2.52. The van der Waals surface area contributed by atoms with Gasteiger partial charge in [-0.2, -0.15) is 0 Å². The van der Waals surface area contributed by atoms with Gasteiger partial charge in [-0.15, -0.1) is 11.3 Å². The fourth-order valence-corrected chi connectivity index (χ4v) is 5.47. The number of aromatic nitrogens is 1. The molecule has 1 saturated heterocycles. The predicted molar refractivity (Wildman–Crippen MR) is 156 cm³/mol. The van der Waals surface area contributed by atoms with Crippen molar-refractivity contribution in [3.63, 3.8) is 0 Å². The lowest BCUT2D eigenvalue weighted by molar-refractivity contribution is -0.145. The van der Waals surface area contributed by atoms with Gasteiger partial charge in [-0.1, -0.05) is 45.0 Å². The molecule has 42 heavy (non-hydrogen) atoms. The van der Waals surface area contributed by atoms with Gasteiger partial charge in [0.15, 0.2) is 0 Å². The third-order valence-corrected chi connectivity index (χ3v) is 7.87. The number of aliphatic hydroxyl groups excluding tert-OH is 1. The summed E-state index contributed by atoms with van der Waals surface area (Å²) in [7, 11) is 0. The molecular formula is C29H40N4O8S. The van der Waals surface area contributed by atoms with E-state index in [2.05, 4.69) is 15.6 Å². The van der Waals surface area contributed by atoms with Crippen LogP contribution in [0.1, 0.15) is 51.4 Å². The predicted octanol–water partition coefficient (Wildman–Crippen LogP) is 1.91. The van der Waals surface area contributed by atoms with E-state index < -0.39 is 53.9 Å². The quantitative estimate of drug-likeness (QED) is 0.250. The highest BCUT2D eigenvalue weighted by Gasteiger charge is 2.44. The van der Waals surface area contributed by atoms with Crippen LogP contribution in [0.4, 0.5) is 0 Å². The minimum atomic E-state index is -1.11. The number of β-amino-alcohol motifs (C(OH)–C–C–N with tert-alkyl or cyclic N) is 1. The summed E-state index contributed by atoms with van der Waals surface area (Å²) in [5.41, 5.74) is 3.98. The zero-order chi connectivity index (χ0) is 31.0. The van der Waals surface area contributed by atoms with Crippen LogP contribution in [0.2, 0.25) is 0 Å². The Bertz CT molecular complexity index is 1240. The molecule has 0 spiro atoms. The standard InChI is InChI=1S/C29H40N4O8S/c1-17(19-6-8-20(9-7-19)25-18(2)30-16-42-25)31-27(38)22-12-21(34)13-33(22)28(39)26(29(3,4)5)32-23(35)14-40-10-11-41-15-24(36)37/h6-9,16-17,21-22,26,34H,10-15H2,1-5H3,(H,31,38)(H,32,35)(H,36,37). The number of amides is 3. The van der Waals surface area contributed by atoms with Gasteiger partial charge >= 0.3 is 5.97 Å². The molecule has 4 N–H and O–H groups in total. The molecule has 0 radical (unpaired) electrons. The summed E-state index contributed by atoms with van der Waals surface area (Å²) in [6.07, 6.45) is -0.801. The molecule has 0 aliphatic carbocycles. The van der Waals surface area contributed by atoms with E-state index >= 15 is 0 Å². The first kappa shape index (κ1) is 33.1. The molecular weight excluding hydrogens is 564 g/mol. The number of likely N-dealkylation sites (tertiary alicyclic amines) is 1. The third kappa shape index (κ3) is 9.05. The maximum absolute atomic E-state index is 13.7. The van der Waals surface area contributed by atoms with Gasteiger partial charge in [0.2, 0.25) is 17.7 Å². The van der Waals surface area contributed by atoms with Gasteiger partial charge in [0.25, 0.3) is 0 Å². The lowest BCUT2D eigenvalue weighted by Crippen LogP contribution is -2.58. The van der Waals surface area contributed by atoms with Gasteiger partial charge < -0.3 is 35.2 Å². The number of hydrogen-bond acceptors (Lipinski definition) is 9. The summed E-state index contributed by atoms with van der Waals surface area (Å²) in [5, 5.41) is 24.7. The number of rotatable bonds is 13. The monoisotopic (exact) mass is 604 g/mol. The van der Waals surface area contributed by atoms with Crippen LogP contribution in [-0.2, 0) is 28.7 Å². The van der Waals surface area contributed by atoms with E-state index in [4.69, 9.17) is 14.6 Å². The SMILES string of the molecule is Cc1ncsc1-c1ccc(C(C)NC(=O)C2CC(O)CN2C(=O)C(NC(=O)COCCOCC(=O)O)C(C)(C)C)cc1. The molecule has 4 atom stereocenters. The number of aliphatic hydroxyl groups is 1. The fraction of sp³-hybridized carbons (Fsp3) is 0.552. The third-order valence-electron chi connectivity index (χ3n) is 6.89. The minimum Gasteiger partial charge on any atom is -0.480 e. The van der Waals surface area contributed by atoms with Crippen molar-refractivity contribution in [2.45, 2.75) is 65.3 Å². The Morgan fingerprint density at radius 3 is 2.31 bits per heavy atom. The number of nitrogens with one attached hydrogen (secondary N) is 2. The topological polar surface area (TPSA) is 167 Å². The van der Waals surface area contributed by atoms with Gasteiger partial charge in [-0.3, -0.25) is 14.4 Å². The zero-order valence-electron chi connectivity index (χ0n) is 24.6. The fourth-order valence-electron chi connectivity index (χ4n) is 4.66. The van der Waals surface area contributed by atoms with Crippen LogP contribution in [0.15, 0.2) is 29.8 Å². The second kappa shape index (κ2) is 14.7. The normalized spacial score (nSPS) is 18.4. The Balaban J connectivity index is 1.62. The molecule has 12 nitrogen and oxygen atoms in total. The van der Waals surface area contributed by atoms with E-state index in [1.807, 2.05) is 38.1 Å². The number of benzene rings is 1. The Hall–Kier alpha value is -3.39. The number of carbonyl (C=O) groups is 4. The van der Waals surface area contributed by atoms with Gasteiger partial charge in [-0.25, -0.2) is 9.78 Å². The van der Waals surface area contributed by atoms with Crippen LogP contribution in [-0.4, -0.2) is 94.9 Å². The van der Waals surface area contributed by atoms with Crippen LogP contribution in [0.25, 0.3) is 10.4 Å². The summed E-state index contributed by atoms with van der Waals surface area (Å²) < 4.78 is 10.1. The molecule has 1 aliphatic heterocycles. The number of ether oxygens (including phenoxy) is 2. The van der Waals surface area contributed by atoms with Crippen LogP contribution in [0.5, 0.6) is 0 Å². The van der Waals surface area contributed by atoms with E-state index in [1.165, 1.54) is 4.90 Å². The highest BCUT2D eigenvalue weighted by atomic mass is 32.1. The second-order valence-corrected chi connectivity index (χ2v) is 12.2. The van der Waals surface area contributed by atoms with E-state index in [0.717, 1.165) is 21.7 Å². The van der Waals surface area contributed by atoms with E-state index in [0.29, 0.717) is 0 Å². The molecule has 13 heteroatoms. The highest BCUT2D eigenvalue weighted by molar-refractivity contribution is 7.13. The van der Waals surface area contributed by atoms with Crippen LogP contribution >= 0.6 is 11.3 Å². The first-order valence-electron chi connectivity index (χ1n) is 13.7. The Kier molecular flexibility index (Phi) is 11.6. The number of aliphatic carboxylic acids is 1. The van der Waals surface area contributed by atoms with Gasteiger partial charge in [0, 0.05) is 13.0 Å². The number of carbonyl (C=O) groups excluding carboxylic acids is 3. The van der Waals surface area contributed by atoms with Crippen molar-refractivity contribution in [2.24, 2.45) is 5.41 Å². The van der Waals surface area contributed by atoms with Crippen molar-refractivity contribution < 1.29 is 38.9 Å². The van der Waals surface area contributed by atoms with Crippen molar-refractivity contribution in [3.8, 4) is 10.4 Å². The van der Waals surface area contributed by atoms with Gasteiger partial charge in [-0.05, 0) is 30.4 Å². The average molecular weight is 605 g/mol. The summed E-state index contributed by atoms with van der Waals surface area (Å²) in [6.45, 7) is 8.32. The Morgan fingerprint density at radius 2 is 1.74 bits per heavy atom. The average Bonchev–Trinajstić information content (AvgIpc) is 3.53. The van der Waals surface area contributed by atoms with Crippen LogP contribution in [0, 0.1) is 12.3 Å². The molecule has 3 amide bonds. The minimum absolute atomic E-state index is 0.00118. The Labute approximate surface area is 249 Å². The molecule has 2 heterocycles. The molecule has 2 aromatic rings.